The molecule has 0 unspecified atom stereocenters. The van der Waals surface area contributed by atoms with E-state index < -0.39 is 9.84 Å². The number of amides is 2. The minimum Gasteiger partial charge on any atom is -0.495 e. The maximum Gasteiger partial charge on any atom is 0.283 e. The van der Waals surface area contributed by atoms with Crippen molar-refractivity contribution in [1.29, 1.82) is 0 Å². The molecule has 4 rings (SSSR count). The molecule has 2 aliphatic rings. The van der Waals surface area contributed by atoms with Gasteiger partial charge in [0.25, 0.3) is 5.91 Å². The van der Waals surface area contributed by atoms with Crippen molar-refractivity contribution in [2.75, 3.05) is 36.3 Å². The third-order valence-electron chi connectivity index (χ3n) is 5.86. The lowest BCUT2D eigenvalue weighted by atomic mass is 10.2. The van der Waals surface area contributed by atoms with E-state index in [-0.39, 0.29) is 40.8 Å². The summed E-state index contributed by atoms with van der Waals surface area (Å²) in [7, 11) is -0.00749. The monoisotopic (exact) mass is 553 g/mol. The number of hydrogen-bond acceptors (Lipinski definition) is 8. The van der Waals surface area contributed by atoms with Gasteiger partial charge in [0.15, 0.2) is 15.0 Å². The summed E-state index contributed by atoms with van der Waals surface area (Å²) in [5, 5.41) is 2.68. The number of carbonyl (C=O) groups is 2. The molecule has 0 bridgehead atoms. The van der Waals surface area contributed by atoms with Crippen LogP contribution < -0.4 is 9.64 Å². The number of amidine groups is 1. The van der Waals surface area contributed by atoms with Crippen LogP contribution in [0.5, 0.6) is 5.75 Å². The Kier molecular flexibility index (Phi) is 7.60. The molecule has 1 atom stereocenters. The smallest absolute Gasteiger partial charge is 0.283 e. The van der Waals surface area contributed by atoms with E-state index in [4.69, 9.17) is 16.3 Å². The number of methoxy groups -OCH3 is 1. The number of rotatable bonds is 6. The second-order valence-corrected chi connectivity index (χ2v) is 12.8. The van der Waals surface area contributed by atoms with Gasteiger partial charge in [0.2, 0.25) is 5.91 Å². The summed E-state index contributed by atoms with van der Waals surface area (Å²) < 4.78 is 29.1. The van der Waals surface area contributed by atoms with E-state index in [0.29, 0.717) is 28.0 Å². The maximum absolute atomic E-state index is 13.5. The molecular formula is C23H24ClN3O5S3. The number of nitrogens with zero attached hydrogens (tertiary/aromatic N) is 3. The standard InChI is InChI=1S/C23H24ClN3O5S3/c1-14-6-8-33-20(14)11-17-22(29)27(18-10-15(24)4-5-19(18)32-3)23(25-17)34-12-21(28)26(2)16-7-9-35(30,31)13-16/h4-6,8,10-11,16H,7,9,12-13H2,1-3H3/b17-11-/t16-/m1/s1. The van der Waals surface area contributed by atoms with Crippen molar-refractivity contribution >= 4 is 73.3 Å². The third-order valence-corrected chi connectivity index (χ3v) is 9.73. The van der Waals surface area contributed by atoms with Crippen LogP contribution in [0, 0.1) is 6.92 Å². The fourth-order valence-corrected chi connectivity index (χ4v) is 7.54. The second kappa shape index (κ2) is 10.3. The first-order valence-electron chi connectivity index (χ1n) is 10.7. The lowest BCUT2D eigenvalue weighted by Gasteiger charge is -2.24. The van der Waals surface area contributed by atoms with Gasteiger partial charge >= 0.3 is 0 Å². The molecule has 0 N–H and O–H groups in total. The summed E-state index contributed by atoms with van der Waals surface area (Å²) in [4.78, 5) is 34.7. The van der Waals surface area contributed by atoms with E-state index >= 15 is 0 Å². The van der Waals surface area contributed by atoms with Crippen LogP contribution in [-0.2, 0) is 19.4 Å². The average Bonchev–Trinajstić information content (AvgIpc) is 3.48. The Morgan fingerprint density at radius 2 is 2.17 bits per heavy atom. The highest BCUT2D eigenvalue weighted by Crippen LogP contribution is 2.37. The van der Waals surface area contributed by atoms with E-state index in [1.807, 2.05) is 18.4 Å². The molecular weight excluding hydrogens is 530 g/mol. The van der Waals surface area contributed by atoms with Crippen LogP contribution in [0.2, 0.25) is 5.02 Å². The third kappa shape index (κ3) is 5.58. The first-order chi connectivity index (χ1) is 16.6. The molecule has 1 saturated heterocycles. The van der Waals surface area contributed by atoms with E-state index in [1.54, 1.807) is 31.3 Å². The fourth-order valence-electron chi connectivity index (χ4n) is 3.81. The Balaban J connectivity index is 1.62. The summed E-state index contributed by atoms with van der Waals surface area (Å²) in [5.74, 6) is -0.116. The van der Waals surface area contributed by atoms with Crippen LogP contribution in [-0.4, -0.2) is 67.8 Å². The van der Waals surface area contributed by atoms with Crippen LogP contribution in [0.1, 0.15) is 16.9 Å². The summed E-state index contributed by atoms with van der Waals surface area (Å²) in [6.07, 6.45) is 2.16. The first kappa shape index (κ1) is 25.7. The minimum atomic E-state index is -3.11. The lowest BCUT2D eigenvalue weighted by Crippen LogP contribution is -2.39. The first-order valence-corrected chi connectivity index (χ1v) is 14.8. The molecule has 8 nitrogen and oxygen atoms in total. The van der Waals surface area contributed by atoms with Crippen molar-refractivity contribution in [3.63, 3.8) is 0 Å². The van der Waals surface area contributed by atoms with Gasteiger partial charge < -0.3 is 9.64 Å². The Morgan fingerprint density at radius 3 is 2.80 bits per heavy atom. The number of ether oxygens (including phenoxy) is 1. The molecule has 1 aromatic heterocycles. The van der Waals surface area contributed by atoms with E-state index in [2.05, 4.69) is 4.99 Å². The van der Waals surface area contributed by atoms with Crippen LogP contribution in [0.25, 0.3) is 6.08 Å². The molecule has 1 aromatic carbocycles. The number of anilines is 1. The van der Waals surface area contributed by atoms with Crippen molar-refractivity contribution in [3.8, 4) is 5.75 Å². The highest BCUT2D eigenvalue weighted by atomic mass is 35.5. The Morgan fingerprint density at radius 1 is 1.40 bits per heavy atom. The van der Waals surface area contributed by atoms with E-state index in [1.165, 1.54) is 28.2 Å². The van der Waals surface area contributed by atoms with Gasteiger partial charge in [-0.05, 0) is 54.6 Å². The molecule has 1 fully saturated rings. The van der Waals surface area contributed by atoms with Gasteiger partial charge in [0.1, 0.15) is 11.4 Å². The molecule has 3 heterocycles. The lowest BCUT2D eigenvalue weighted by molar-refractivity contribution is -0.128. The topological polar surface area (TPSA) is 96.3 Å². The molecule has 12 heteroatoms. The Hall–Kier alpha value is -2.34. The van der Waals surface area contributed by atoms with E-state index in [9.17, 15) is 18.0 Å². The molecule has 0 saturated carbocycles. The van der Waals surface area contributed by atoms with Gasteiger partial charge in [-0.3, -0.25) is 9.59 Å². The fraction of sp³-hybridized carbons (Fsp3) is 0.348. The van der Waals surface area contributed by atoms with Crippen LogP contribution in [0.4, 0.5) is 5.69 Å². The predicted octanol–water partition coefficient (Wildman–Crippen LogP) is 3.84. The zero-order valence-corrected chi connectivity index (χ0v) is 22.6. The summed E-state index contributed by atoms with van der Waals surface area (Å²) in [6.45, 7) is 1.96. The number of carbonyl (C=O) groups excluding carboxylic acids is 2. The van der Waals surface area contributed by atoms with Gasteiger partial charge in [-0.25, -0.2) is 18.3 Å². The van der Waals surface area contributed by atoms with Crippen molar-refractivity contribution in [2.24, 2.45) is 4.99 Å². The Labute approximate surface area is 217 Å². The van der Waals surface area contributed by atoms with Crippen molar-refractivity contribution < 1.29 is 22.7 Å². The zero-order valence-electron chi connectivity index (χ0n) is 19.4. The number of aliphatic imine (C=N–C) groups is 1. The Bertz CT molecular complexity index is 1340. The highest BCUT2D eigenvalue weighted by molar-refractivity contribution is 8.14. The van der Waals surface area contributed by atoms with Crippen LogP contribution in [0.15, 0.2) is 40.3 Å². The molecule has 35 heavy (non-hydrogen) atoms. The molecule has 0 radical (unpaired) electrons. The maximum atomic E-state index is 13.5. The quantitative estimate of drug-likeness (QED) is 0.504. The number of thiophene rings is 1. The number of hydrogen-bond donors (Lipinski definition) is 0. The molecule has 2 amide bonds. The van der Waals surface area contributed by atoms with Crippen molar-refractivity contribution in [2.45, 2.75) is 19.4 Å². The summed E-state index contributed by atoms with van der Waals surface area (Å²) in [5.41, 5.74) is 1.69. The van der Waals surface area contributed by atoms with E-state index in [0.717, 1.165) is 22.2 Å². The normalized spacial score (nSPS) is 20.4. The number of benzene rings is 1. The van der Waals surface area contributed by atoms with Crippen molar-refractivity contribution in [3.05, 3.63) is 50.8 Å². The van der Waals surface area contributed by atoms with Gasteiger partial charge in [-0.2, -0.15) is 0 Å². The van der Waals surface area contributed by atoms with Crippen LogP contribution in [0.3, 0.4) is 0 Å². The van der Waals surface area contributed by atoms with Gasteiger partial charge in [-0.1, -0.05) is 23.4 Å². The summed E-state index contributed by atoms with van der Waals surface area (Å²) >= 11 is 8.84. The predicted molar refractivity (Wildman–Crippen MR) is 142 cm³/mol. The largest absolute Gasteiger partial charge is 0.495 e. The number of sulfone groups is 1. The number of halogens is 1. The van der Waals surface area contributed by atoms with Crippen LogP contribution >= 0.6 is 34.7 Å². The molecule has 186 valence electrons. The average molecular weight is 554 g/mol. The minimum absolute atomic E-state index is 0.0101. The number of thioether (sulfide) groups is 1. The van der Waals surface area contributed by atoms with Gasteiger partial charge in [0.05, 0.1) is 30.1 Å². The number of aryl methyl sites for hydroxylation is 1. The molecule has 2 aliphatic heterocycles. The zero-order chi connectivity index (χ0) is 25.3. The molecule has 0 aliphatic carbocycles. The molecule has 2 aromatic rings. The van der Waals surface area contributed by atoms with Crippen molar-refractivity contribution in [1.82, 2.24) is 4.90 Å². The van der Waals surface area contributed by atoms with Gasteiger partial charge in [-0.15, -0.1) is 11.3 Å². The molecule has 0 spiro atoms. The van der Waals surface area contributed by atoms with Gasteiger partial charge in [0, 0.05) is 23.0 Å². The summed E-state index contributed by atoms with van der Waals surface area (Å²) in [6, 6.07) is 6.56. The SMILES string of the molecule is COc1ccc(Cl)cc1N1C(=O)/C(=C/c2sccc2C)N=C1SCC(=O)N(C)[C@@H]1CCS(=O)(=O)C1. The second-order valence-electron chi connectivity index (χ2n) is 8.20. The highest BCUT2D eigenvalue weighted by Gasteiger charge is 2.36.